The molecule has 2 aliphatic heterocycles. The van der Waals surface area contributed by atoms with Crippen LogP contribution in [0.3, 0.4) is 0 Å². The van der Waals surface area contributed by atoms with E-state index in [0.29, 0.717) is 0 Å². The van der Waals surface area contributed by atoms with E-state index in [1.54, 1.807) is 0 Å². The molecule has 8 aromatic carbocycles. The molecule has 0 bridgehead atoms. The van der Waals surface area contributed by atoms with Gasteiger partial charge in [-0.2, -0.15) is 0 Å². The van der Waals surface area contributed by atoms with E-state index >= 15 is 0 Å². The fourth-order valence-electron chi connectivity index (χ4n) is 12.0. The Bertz CT molecular complexity index is 3960. The Morgan fingerprint density at radius 1 is 0.582 bits per heavy atom. The van der Waals surface area contributed by atoms with Gasteiger partial charge in [-0.15, -0.1) is 11.3 Å². The van der Waals surface area contributed by atoms with Crippen LogP contribution in [0.2, 0.25) is 0 Å². The van der Waals surface area contributed by atoms with Gasteiger partial charge in [0.15, 0.2) is 0 Å². The molecule has 0 atom stereocenters. The molecule has 324 valence electrons. The van der Waals surface area contributed by atoms with Gasteiger partial charge in [0.1, 0.15) is 22.7 Å². The van der Waals surface area contributed by atoms with Crippen LogP contribution in [0, 0.1) is 0 Å². The molecule has 0 amide bonds. The molecule has 5 heterocycles. The Kier molecular flexibility index (Phi) is 7.67. The molecule has 3 aromatic heterocycles. The fraction of sp³-hybridized carbons (Fsp3) is 0.180. The van der Waals surface area contributed by atoms with Crippen LogP contribution in [0.5, 0.6) is 11.5 Å². The molecule has 14 rings (SSSR count). The summed E-state index contributed by atoms with van der Waals surface area (Å²) in [5, 5.41) is 5.96. The van der Waals surface area contributed by atoms with Gasteiger partial charge in [0, 0.05) is 58.8 Å². The van der Waals surface area contributed by atoms with E-state index in [9.17, 15) is 0 Å². The summed E-state index contributed by atoms with van der Waals surface area (Å²) in [5.74, 6) is 1.82. The minimum absolute atomic E-state index is 0.0140. The number of furan rings is 1. The zero-order chi connectivity index (χ0) is 45.5. The summed E-state index contributed by atoms with van der Waals surface area (Å²) >= 11 is 1.95. The first-order chi connectivity index (χ1) is 32.3. The van der Waals surface area contributed by atoms with E-state index < -0.39 is 0 Å². The van der Waals surface area contributed by atoms with Gasteiger partial charge in [0.2, 0.25) is 0 Å². The summed E-state index contributed by atoms with van der Waals surface area (Å²) in [6.07, 6.45) is 0. The highest BCUT2D eigenvalue weighted by atomic mass is 32.1. The Morgan fingerprint density at radius 3 is 2.12 bits per heavy atom. The van der Waals surface area contributed by atoms with Crippen LogP contribution >= 0.6 is 11.3 Å². The molecule has 4 nitrogen and oxygen atoms in total. The molecule has 3 aliphatic rings. The number of hydrogen-bond donors (Lipinski definition) is 0. The van der Waals surface area contributed by atoms with Crippen LogP contribution in [0.1, 0.15) is 77.6 Å². The quantitative estimate of drug-likeness (QED) is 0.162. The first kappa shape index (κ1) is 39.2. The van der Waals surface area contributed by atoms with E-state index in [4.69, 9.17) is 9.15 Å². The first-order valence-electron chi connectivity index (χ1n) is 23.7. The minimum atomic E-state index is -0.275. The van der Waals surface area contributed by atoms with Crippen molar-refractivity contribution in [3.63, 3.8) is 0 Å². The Morgan fingerprint density at radius 2 is 1.31 bits per heavy atom. The molecule has 0 unspecified atom stereocenters. The number of para-hydroxylation sites is 2. The maximum atomic E-state index is 7.67. The zero-order valence-electron chi connectivity index (χ0n) is 39.1. The average Bonchev–Trinajstić information content (AvgIpc) is 4.04. The lowest BCUT2D eigenvalue weighted by Crippen LogP contribution is -2.58. The van der Waals surface area contributed by atoms with Crippen molar-refractivity contribution >= 4 is 105 Å². The number of ether oxygens (including phenoxy) is 1. The number of thiophene rings is 1. The van der Waals surface area contributed by atoms with Crippen molar-refractivity contribution in [2.75, 3.05) is 4.90 Å². The summed E-state index contributed by atoms with van der Waals surface area (Å²) in [7, 11) is 0. The third kappa shape index (κ3) is 5.20. The molecule has 11 aromatic rings. The molecule has 0 saturated carbocycles. The molecule has 0 fully saturated rings. The number of benzene rings is 8. The Balaban J connectivity index is 1.12. The minimum Gasteiger partial charge on any atom is -0.456 e. The highest BCUT2D eigenvalue weighted by molar-refractivity contribution is 7.33. The van der Waals surface area contributed by atoms with Crippen molar-refractivity contribution in [1.29, 1.82) is 0 Å². The van der Waals surface area contributed by atoms with Gasteiger partial charge >= 0.3 is 0 Å². The van der Waals surface area contributed by atoms with Crippen LogP contribution in [-0.2, 0) is 16.2 Å². The van der Waals surface area contributed by atoms with Crippen molar-refractivity contribution < 1.29 is 9.15 Å². The van der Waals surface area contributed by atoms with E-state index in [-0.39, 0.29) is 23.0 Å². The predicted molar refractivity (Wildman–Crippen MR) is 284 cm³/mol. The lowest BCUT2D eigenvalue weighted by Gasteiger charge is -2.40. The monoisotopic (exact) mass is 884 g/mol. The largest absolute Gasteiger partial charge is 0.456 e. The van der Waals surface area contributed by atoms with Crippen molar-refractivity contribution in [2.24, 2.45) is 0 Å². The van der Waals surface area contributed by atoms with Crippen LogP contribution in [-0.4, -0.2) is 11.3 Å². The number of rotatable bonds is 2. The molecule has 0 radical (unpaired) electrons. The van der Waals surface area contributed by atoms with E-state index in [1.807, 2.05) is 11.3 Å². The maximum absolute atomic E-state index is 7.67. The van der Waals surface area contributed by atoms with Crippen LogP contribution in [0.4, 0.5) is 17.1 Å². The van der Waals surface area contributed by atoms with Gasteiger partial charge in [0.25, 0.3) is 6.71 Å². The summed E-state index contributed by atoms with van der Waals surface area (Å²) in [6.45, 7) is 18.6. The highest BCUT2D eigenvalue weighted by Gasteiger charge is 2.48. The summed E-state index contributed by atoms with van der Waals surface area (Å²) < 4.78 is 19.4. The van der Waals surface area contributed by atoms with Crippen LogP contribution in [0.25, 0.3) is 70.6 Å². The van der Waals surface area contributed by atoms with Gasteiger partial charge in [-0.3, -0.25) is 0 Å². The smallest absolute Gasteiger partial charge is 0.269 e. The molecule has 0 spiro atoms. The second kappa shape index (κ2) is 13.1. The number of anilines is 3. The van der Waals surface area contributed by atoms with E-state index in [1.165, 1.54) is 81.3 Å². The summed E-state index contributed by atoms with van der Waals surface area (Å²) in [5.41, 5.74) is 18.7. The Labute approximate surface area is 395 Å². The van der Waals surface area contributed by atoms with Crippen molar-refractivity contribution in [2.45, 2.75) is 71.6 Å². The van der Waals surface area contributed by atoms with Gasteiger partial charge in [-0.25, -0.2) is 0 Å². The molecular weight excluding hydrogens is 836 g/mol. The lowest BCUT2D eigenvalue weighted by molar-refractivity contribution is 0.485. The molecule has 67 heavy (non-hydrogen) atoms. The normalized spacial score (nSPS) is 14.7. The first-order valence-corrected chi connectivity index (χ1v) is 24.5. The predicted octanol–water partition coefficient (Wildman–Crippen LogP) is 15.2. The Hall–Kier alpha value is -7.02. The number of hydrogen-bond acceptors (Lipinski definition) is 4. The zero-order valence-corrected chi connectivity index (χ0v) is 39.9. The van der Waals surface area contributed by atoms with Gasteiger partial charge in [-0.1, -0.05) is 146 Å². The van der Waals surface area contributed by atoms with Crippen molar-refractivity contribution in [3.8, 4) is 28.3 Å². The third-order valence-corrected chi connectivity index (χ3v) is 16.6. The molecule has 1 aliphatic carbocycles. The van der Waals surface area contributed by atoms with Gasteiger partial charge in [0.05, 0.1) is 22.4 Å². The van der Waals surface area contributed by atoms with E-state index in [0.717, 1.165) is 55.8 Å². The molecule has 6 heteroatoms. The SMILES string of the molecule is CC(C)(C)c1ccc(N2c3cccc4c3B(c3cc5c(c(-n6c7ccccc7c7c8c(ccc76)oc6ccccc68)c3O4)-c3ccccc3C5(C)C)c3sc4ccc(C(C)(C)C)cc4c32)cc1. The van der Waals surface area contributed by atoms with Crippen molar-refractivity contribution in [3.05, 3.63) is 174 Å². The van der Waals surface area contributed by atoms with Gasteiger partial charge in [-0.05, 0) is 110 Å². The number of nitrogens with zero attached hydrogens (tertiary/aromatic N) is 2. The molecule has 0 saturated heterocycles. The topological polar surface area (TPSA) is 30.5 Å². The van der Waals surface area contributed by atoms with Crippen molar-refractivity contribution in [1.82, 2.24) is 4.57 Å². The van der Waals surface area contributed by atoms with Crippen LogP contribution < -0.4 is 25.3 Å². The second-order valence-corrected chi connectivity index (χ2v) is 22.7. The fourth-order valence-corrected chi connectivity index (χ4v) is 13.3. The molecular formula is C61H49BN2O2S. The second-order valence-electron chi connectivity index (χ2n) is 21.7. The van der Waals surface area contributed by atoms with Crippen LogP contribution in [0.15, 0.2) is 156 Å². The maximum Gasteiger partial charge on any atom is 0.269 e. The average molecular weight is 885 g/mol. The van der Waals surface area contributed by atoms with Gasteiger partial charge < -0.3 is 18.6 Å². The number of aromatic nitrogens is 1. The third-order valence-electron chi connectivity index (χ3n) is 15.4. The summed E-state index contributed by atoms with van der Waals surface area (Å²) in [6, 6.07) is 56.6. The summed E-state index contributed by atoms with van der Waals surface area (Å²) in [4.78, 5) is 2.54. The standard InChI is InChI=1S/C61H49BN2O2S/c1-59(2,3)34-24-27-36(28-25-34)63-46-21-15-23-49-54(46)62(58-55(63)40-32-35(60(4,5)6)26-31-50(40)67-58)43-33-42-51(37-16-9-12-19-41(37)61(42,7)8)56(57(43)66-49)64-44-20-13-10-17-38(44)52-45(64)29-30-48-53(52)39-18-11-14-22-47(39)65-48/h9-33H,1-8H3. The lowest BCUT2D eigenvalue weighted by atomic mass is 9.36. The number of fused-ring (bicyclic) bond motifs is 16. The molecule has 0 N–H and O–H groups in total. The van der Waals surface area contributed by atoms with E-state index in [2.05, 4.69) is 217 Å². The highest BCUT2D eigenvalue weighted by Crippen LogP contribution is 2.56.